The molecule has 0 saturated carbocycles. The Morgan fingerprint density at radius 2 is 1.69 bits per heavy atom. The maximum atomic E-state index is 8.62. The summed E-state index contributed by atoms with van der Waals surface area (Å²) in [4.78, 5) is 0. The maximum Gasteiger partial charge on any atom is 0.0458 e. The standard InChI is InChI=1S/C10H15NO2/c12-7-1-2-9-3-5-10(6-4-9)8-11-13/h3-6,11-13H,1-2,7-8H2. The molecule has 1 rings (SSSR count). The van der Waals surface area contributed by atoms with Gasteiger partial charge in [-0.1, -0.05) is 24.3 Å². The largest absolute Gasteiger partial charge is 0.396 e. The zero-order valence-corrected chi connectivity index (χ0v) is 7.53. The van der Waals surface area contributed by atoms with Crippen LogP contribution in [0.15, 0.2) is 24.3 Å². The number of aliphatic hydroxyl groups is 1. The average molecular weight is 181 g/mol. The highest BCUT2D eigenvalue weighted by molar-refractivity contribution is 5.22. The number of hydroxylamine groups is 1. The van der Waals surface area contributed by atoms with Crippen LogP contribution in [0.1, 0.15) is 17.5 Å². The SMILES string of the molecule is OCCCc1ccc(CNO)cc1. The number of aryl methyl sites for hydroxylation is 1. The second kappa shape index (κ2) is 5.70. The van der Waals surface area contributed by atoms with Gasteiger partial charge in [-0.25, -0.2) is 5.48 Å². The predicted molar refractivity (Wildman–Crippen MR) is 50.5 cm³/mol. The molecule has 0 heterocycles. The Morgan fingerprint density at radius 3 is 2.23 bits per heavy atom. The van der Waals surface area contributed by atoms with E-state index < -0.39 is 0 Å². The van der Waals surface area contributed by atoms with Gasteiger partial charge in [0.2, 0.25) is 0 Å². The van der Waals surface area contributed by atoms with Crippen molar-refractivity contribution in [2.24, 2.45) is 0 Å². The molecule has 72 valence electrons. The van der Waals surface area contributed by atoms with Gasteiger partial charge >= 0.3 is 0 Å². The normalized spacial score (nSPS) is 10.3. The number of hydrogen-bond acceptors (Lipinski definition) is 3. The van der Waals surface area contributed by atoms with Crippen LogP contribution in [-0.2, 0) is 13.0 Å². The Balaban J connectivity index is 2.48. The molecule has 0 fully saturated rings. The molecular formula is C10H15NO2. The van der Waals surface area contributed by atoms with Crippen molar-refractivity contribution in [2.45, 2.75) is 19.4 Å². The van der Waals surface area contributed by atoms with Gasteiger partial charge in [-0.3, -0.25) is 0 Å². The molecular weight excluding hydrogens is 166 g/mol. The summed E-state index contributed by atoms with van der Waals surface area (Å²) < 4.78 is 0. The van der Waals surface area contributed by atoms with Gasteiger partial charge < -0.3 is 10.3 Å². The number of nitrogens with one attached hydrogen (secondary N) is 1. The molecule has 1 aromatic carbocycles. The minimum absolute atomic E-state index is 0.236. The molecule has 0 saturated heterocycles. The number of rotatable bonds is 5. The lowest BCUT2D eigenvalue weighted by atomic mass is 10.1. The molecule has 3 heteroatoms. The molecule has 0 aliphatic heterocycles. The highest BCUT2D eigenvalue weighted by Crippen LogP contribution is 2.06. The maximum absolute atomic E-state index is 8.62. The van der Waals surface area contributed by atoms with Crippen LogP contribution in [-0.4, -0.2) is 16.9 Å². The van der Waals surface area contributed by atoms with Crippen LogP contribution in [0.2, 0.25) is 0 Å². The van der Waals surface area contributed by atoms with Crippen molar-refractivity contribution in [3.05, 3.63) is 35.4 Å². The second-order valence-electron chi connectivity index (χ2n) is 2.98. The Hall–Kier alpha value is -0.900. The van der Waals surface area contributed by atoms with E-state index in [4.69, 9.17) is 10.3 Å². The first-order chi connectivity index (χ1) is 6.36. The van der Waals surface area contributed by atoms with Crippen molar-refractivity contribution in [3.63, 3.8) is 0 Å². The van der Waals surface area contributed by atoms with Crippen molar-refractivity contribution < 1.29 is 10.3 Å². The Kier molecular flexibility index (Phi) is 4.46. The third kappa shape index (κ3) is 3.55. The lowest BCUT2D eigenvalue weighted by molar-refractivity contribution is 0.161. The number of benzene rings is 1. The summed E-state index contributed by atoms with van der Waals surface area (Å²) in [6.07, 6.45) is 1.71. The Bertz CT molecular complexity index is 233. The minimum atomic E-state index is 0.236. The van der Waals surface area contributed by atoms with Gasteiger partial charge in [0, 0.05) is 13.2 Å². The molecule has 0 atom stereocenters. The van der Waals surface area contributed by atoms with E-state index in [-0.39, 0.29) is 6.61 Å². The second-order valence-corrected chi connectivity index (χ2v) is 2.98. The summed E-state index contributed by atoms with van der Waals surface area (Å²) >= 11 is 0. The zero-order chi connectivity index (χ0) is 9.52. The van der Waals surface area contributed by atoms with Crippen LogP contribution in [0.4, 0.5) is 0 Å². The fourth-order valence-corrected chi connectivity index (χ4v) is 1.20. The van der Waals surface area contributed by atoms with E-state index in [1.807, 2.05) is 24.3 Å². The molecule has 0 amide bonds. The van der Waals surface area contributed by atoms with E-state index >= 15 is 0 Å². The van der Waals surface area contributed by atoms with Crippen molar-refractivity contribution in [1.29, 1.82) is 0 Å². The Morgan fingerprint density at radius 1 is 1.08 bits per heavy atom. The molecule has 0 aliphatic rings. The van der Waals surface area contributed by atoms with Gasteiger partial charge in [0.25, 0.3) is 0 Å². The zero-order valence-electron chi connectivity index (χ0n) is 7.53. The van der Waals surface area contributed by atoms with Gasteiger partial charge in [0.15, 0.2) is 0 Å². The fraction of sp³-hybridized carbons (Fsp3) is 0.400. The first-order valence-corrected chi connectivity index (χ1v) is 4.42. The molecule has 0 radical (unpaired) electrons. The lowest BCUT2D eigenvalue weighted by Crippen LogP contribution is -2.05. The molecule has 0 aliphatic carbocycles. The van der Waals surface area contributed by atoms with E-state index in [0.717, 1.165) is 18.4 Å². The lowest BCUT2D eigenvalue weighted by Gasteiger charge is -2.02. The van der Waals surface area contributed by atoms with Gasteiger partial charge in [0.05, 0.1) is 0 Å². The van der Waals surface area contributed by atoms with Gasteiger partial charge in [-0.15, -0.1) is 0 Å². The van der Waals surface area contributed by atoms with Crippen LogP contribution >= 0.6 is 0 Å². The molecule has 1 aromatic rings. The van der Waals surface area contributed by atoms with E-state index in [0.29, 0.717) is 6.54 Å². The molecule has 0 aromatic heterocycles. The number of hydrogen-bond donors (Lipinski definition) is 3. The minimum Gasteiger partial charge on any atom is -0.396 e. The van der Waals surface area contributed by atoms with Crippen molar-refractivity contribution >= 4 is 0 Å². The van der Waals surface area contributed by atoms with E-state index in [9.17, 15) is 0 Å². The summed E-state index contributed by atoms with van der Waals surface area (Å²) in [6.45, 7) is 0.709. The van der Waals surface area contributed by atoms with Crippen LogP contribution < -0.4 is 5.48 Å². The van der Waals surface area contributed by atoms with E-state index in [2.05, 4.69) is 5.48 Å². The van der Waals surface area contributed by atoms with Crippen molar-refractivity contribution in [1.82, 2.24) is 5.48 Å². The number of aliphatic hydroxyl groups excluding tert-OH is 1. The summed E-state index contributed by atoms with van der Waals surface area (Å²) in [5.41, 5.74) is 4.38. The van der Waals surface area contributed by atoms with Crippen molar-refractivity contribution in [2.75, 3.05) is 6.61 Å². The van der Waals surface area contributed by atoms with E-state index in [1.54, 1.807) is 0 Å². The molecule has 0 spiro atoms. The third-order valence-electron chi connectivity index (χ3n) is 1.93. The third-order valence-corrected chi connectivity index (χ3v) is 1.93. The van der Waals surface area contributed by atoms with E-state index in [1.165, 1.54) is 5.56 Å². The highest BCUT2D eigenvalue weighted by atomic mass is 16.5. The quantitative estimate of drug-likeness (QED) is 0.596. The summed E-state index contributed by atoms with van der Waals surface area (Å²) in [5.74, 6) is 0. The van der Waals surface area contributed by atoms with Crippen LogP contribution in [0.5, 0.6) is 0 Å². The molecule has 3 N–H and O–H groups in total. The van der Waals surface area contributed by atoms with Gasteiger partial charge in [-0.05, 0) is 24.0 Å². The predicted octanol–water partition coefficient (Wildman–Crippen LogP) is 1.09. The average Bonchev–Trinajstić information content (AvgIpc) is 2.17. The van der Waals surface area contributed by atoms with Gasteiger partial charge in [-0.2, -0.15) is 0 Å². The van der Waals surface area contributed by atoms with Gasteiger partial charge in [0.1, 0.15) is 0 Å². The topological polar surface area (TPSA) is 52.5 Å². The van der Waals surface area contributed by atoms with Crippen LogP contribution in [0.3, 0.4) is 0 Å². The van der Waals surface area contributed by atoms with Crippen LogP contribution in [0, 0.1) is 0 Å². The molecule has 13 heavy (non-hydrogen) atoms. The first-order valence-electron chi connectivity index (χ1n) is 4.42. The molecule has 3 nitrogen and oxygen atoms in total. The van der Waals surface area contributed by atoms with Crippen molar-refractivity contribution in [3.8, 4) is 0 Å². The molecule has 0 unspecified atom stereocenters. The fourth-order valence-electron chi connectivity index (χ4n) is 1.20. The molecule has 0 bridgehead atoms. The highest BCUT2D eigenvalue weighted by Gasteiger charge is 1.93. The summed E-state index contributed by atoms with van der Waals surface area (Å²) in [7, 11) is 0. The summed E-state index contributed by atoms with van der Waals surface area (Å²) in [6, 6.07) is 7.97. The monoisotopic (exact) mass is 181 g/mol. The smallest absolute Gasteiger partial charge is 0.0458 e. The Labute approximate surface area is 78.0 Å². The first kappa shape index (κ1) is 10.2. The van der Waals surface area contributed by atoms with Crippen LogP contribution in [0.25, 0.3) is 0 Å². The summed E-state index contributed by atoms with van der Waals surface area (Å²) in [5, 5.41) is 17.1.